The molecule has 1 aliphatic rings. The van der Waals surface area contributed by atoms with Crippen molar-refractivity contribution in [3.63, 3.8) is 0 Å². The Labute approximate surface area is 88.6 Å². The van der Waals surface area contributed by atoms with Crippen LogP contribution in [0.15, 0.2) is 0 Å². The molecule has 0 amide bonds. The maximum Gasteiger partial charge on any atom is 0.389 e. The Morgan fingerprint density at radius 3 is 2.67 bits per heavy atom. The fraction of sp³-hybridized carbons (Fsp3) is 1.00. The second-order valence-electron chi connectivity index (χ2n) is 4.07. The summed E-state index contributed by atoms with van der Waals surface area (Å²) in [5.41, 5.74) is 0. The van der Waals surface area contributed by atoms with Crippen LogP contribution in [0.4, 0.5) is 13.2 Å². The SMILES string of the molecule is FC(F)(F)CCCNCC1CCCCN1. The number of piperidine rings is 1. The number of nitrogens with one attached hydrogen (secondary N) is 2. The third-order valence-electron chi connectivity index (χ3n) is 2.62. The van der Waals surface area contributed by atoms with Crippen LogP contribution in [0.25, 0.3) is 0 Å². The highest BCUT2D eigenvalue weighted by molar-refractivity contribution is 4.74. The van der Waals surface area contributed by atoms with Crippen LogP contribution in [0.1, 0.15) is 32.1 Å². The fourth-order valence-electron chi connectivity index (χ4n) is 1.79. The monoisotopic (exact) mass is 224 g/mol. The molecule has 1 fully saturated rings. The van der Waals surface area contributed by atoms with E-state index < -0.39 is 12.6 Å². The molecular formula is C10H19F3N2. The summed E-state index contributed by atoms with van der Waals surface area (Å²) in [5, 5.41) is 6.41. The molecule has 0 radical (unpaired) electrons. The minimum Gasteiger partial charge on any atom is -0.315 e. The summed E-state index contributed by atoms with van der Waals surface area (Å²) >= 11 is 0. The maximum atomic E-state index is 11.8. The molecule has 2 N–H and O–H groups in total. The number of hydrogen-bond donors (Lipinski definition) is 2. The van der Waals surface area contributed by atoms with E-state index in [9.17, 15) is 13.2 Å². The van der Waals surface area contributed by atoms with Gasteiger partial charge in [-0.3, -0.25) is 0 Å². The Morgan fingerprint density at radius 2 is 2.07 bits per heavy atom. The summed E-state index contributed by atoms with van der Waals surface area (Å²) in [5.74, 6) is 0. The van der Waals surface area contributed by atoms with Crippen molar-refractivity contribution in [3.8, 4) is 0 Å². The molecule has 5 heteroatoms. The number of alkyl halides is 3. The van der Waals surface area contributed by atoms with Crippen LogP contribution in [-0.2, 0) is 0 Å². The Hall–Kier alpha value is -0.290. The lowest BCUT2D eigenvalue weighted by molar-refractivity contribution is -0.135. The lowest BCUT2D eigenvalue weighted by Crippen LogP contribution is -2.42. The minimum absolute atomic E-state index is 0.177. The van der Waals surface area contributed by atoms with Gasteiger partial charge in [0.05, 0.1) is 0 Å². The molecule has 0 bridgehead atoms. The van der Waals surface area contributed by atoms with Crippen LogP contribution in [0.5, 0.6) is 0 Å². The van der Waals surface area contributed by atoms with Gasteiger partial charge in [0.15, 0.2) is 0 Å². The zero-order valence-electron chi connectivity index (χ0n) is 8.87. The van der Waals surface area contributed by atoms with Gasteiger partial charge >= 0.3 is 6.18 Å². The van der Waals surface area contributed by atoms with E-state index in [1.165, 1.54) is 12.8 Å². The van der Waals surface area contributed by atoms with Gasteiger partial charge in [-0.15, -0.1) is 0 Å². The van der Waals surface area contributed by atoms with Gasteiger partial charge in [-0.1, -0.05) is 6.42 Å². The summed E-state index contributed by atoms with van der Waals surface area (Å²) in [6, 6.07) is 0.449. The molecule has 1 rings (SSSR count). The summed E-state index contributed by atoms with van der Waals surface area (Å²) in [6.07, 6.45) is -0.947. The third kappa shape index (κ3) is 6.73. The van der Waals surface area contributed by atoms with Gasteiger partial charge in [-0.05, 0) is 32.4 Å². The van der Waals surface area contributed by atoms with Crippen molar-refractivity contribution in [2.75, 3.05) is 19.6 Å². The first-order valence-electron chi connectivity index (χ1n) is 5.59. The molecule has 1 unspecified atom stereocenters. The number of rotatable bonds is 5. The first kappa shape index (κ1) is 12.8. The number of halogens is 3. The van der Waals surface area contributed by atoms with Gasteiger partial charge in [-0.25, -0.2) is 0 Å². The minimum atomic E-state index is -4.01. The second kappa shape index (κ2) is 6.33. The van der Waals surface area contributed by atoms with E-state index in [4.69, 9.17) is 0 Å². The summed E-state index contributed by atoms with van der Waals surface area (Å²) in [6.45, 7) is 2.28. The highest BCUT2D eigenvalue weighted by Crippen LogP contribution is 2.20. The van der Waals surface area contributed by atoms with Crippen molar-refractivity contribution in [1.29, 1.82) is 0 Å². The smallest absolute Gasteiger partial charge is 0.315 e. The van der Waals surface area contributed by atoms with Crippen LogP contribution < -0.4 is 10.6 Å². The zero-order valence-corrected chi connectivity index (χ0v) is 8.87. The van der Waals surface area contributed by atoms with Crippen LogP contribution in [0, 0.1) is 0 Å². The van der Waals surface area contributed by atoms with E-state index in [-0.39, 0.29) is 6.42 Å². The third-order valence-corrected chi connectivity index (χ3v) is 2.62. The van der Waals surface area contributed by atoms with E-state index in [0.29, 0.717) is 12.6 Å². The van der Waals surface area contributed by atoms with E-state index >= 15 is 0 Å². The quantitative estimate of drug-likeness (QED) is 0.698. The Balaban J connectivity index is 1.92. The fourth-order valence-corrected chi connectivity index (χ4v) is 1.79. The largest absolute Gasteiger partial charge is 0.389 e. The molecular weight excluding hydrogens is 205 g/mol. The van der Waals surface area contributed by atoms with Crippen LogP contribution in [0.3, 0.4) is 0 Å². The molecule has 0 aromatic carbocycles. The van der Waals surface area contributed by atoms with E-state index in [2.05, 4.69) is 10.6 Å². The number of hydrogen-bond acceptors (Lipinski definition) is 2. The first-order chi connectivity index (χ1) is 7.08. The molecule has 1 saturated heterocycles. The Bertz CT molecular complexity index is 165. The molecule has 1 heterocycles. The van der Waals surface area contributed by atoms with Gasteiger partial charge in [0.25, 0.3) is 0 Å². The van der Waals surface area contributed by atoms with E-state index in [1.54, 1.807) is 0 Å². The maximum absolute atomic E-state index is 11.8. The van der Waals surface area contributed by atoms with Gasteiger partial charge in [-0.2, -0.15) is 13.2 Å². The normalized spacial score (nSPS) is 23.0. The molecule has 0 saturated carbocycles. The first-order valence-corrected chi connectivity index (χ1v) is 5.59. The van der Waals surface area contributed by atoms with Crippen molar-refractivity contribution in [3.05, 3.63) is 0 Å². The topological polar surface area (TPSA) is 24.1 Å². The van der Waals surface area contributed by atoms with Crippen LogP contribution >= 0.6 is 0 Å². The van der Waals surface area contributed by atoms with Gasteiger partial charge in [0.2, 0.25) is 0 Å². The Kier molecular flexibility index (Phi) is 5.39. The molecule has 1 aliphatic heterocycles. The molecule has 0 spiro atoms. The highest BCUT2D eigenvalue weighted by Gasteiger charge is 2.25. The lowest BCUT2D eigenvalue weighted by atomic mass is 10.1. The lowest BCUT2D eigenvalue weighted by Gasteiger charge is -2.23. The van der Waals surface area contributed by atoms with Crippen LogP contribution in [-0.4, -0.2) is 31.9 Å². The molecule has 0 aromatic heterocycles. The molecule has 0 aromatic rings. The van der Waals surface area contributed by atoms with Gasteiger partial charge in [0.1, 0.15) is 0 Å². The van der Waals surface area contributed by atoms with Gasteiger partial charge in [0, 0.05) is 19.0 Å². The summed E-state index contributed by atoms with van der Waals surface area (Å²) in [4.78, 5) is 0. The molecule has 0 aliphatic carbocycles. The average Bonchev–Trinajstić information content (AvgIpc) is 2.17. The van der Waals surface area contributed by atoms with Crippen molar-refractivity contribution in [2.24, 2.45) is 0 Å². The molecule has 90 valence electrons. The predicted molar refractivity (Wildman–Crippen MR) is 53.8 cm³/mol. The highest BCUT2D eigenvalue weighted by atomic mass is 19.4. The Morgan fingerprint density at radius 1 is 1.27 bits per heavy atom. The zero-order chi connectivity index (χ0) is 11.1. The average molecular weight is 224 g/mol. The molecule has 15 heavy (non-hydrogen) atoms. The summed E-state index contributed by atoms with van der Waals surface area (Å²) in [7, 11) is 0. The van der Waals surface area contributed by atoms with Crippen molar-refractivity contribution < 1.29 is 13.2 Å². The summed E-state index contributed by atoms with van der Waals surface area (Å²) < 4.78 is 35.4. The van der Waals surface area contributed by atoms with Crippen molar-refractivity contribution in [2.45, 2.75) is 44.3 Å². The van der Waals surface area contributed by atoms with Crippen LogP contribution in [0.2, 0.25) is 0 Å². The van der Waals surface area contributed by atoms with E-state index in [1.807, 2.05) is 0 Å². The standard InChI is InChI=1S/C10H19F3N2/c11-10(12,13)5-3-6-14-8-9-4-1-2-7-15-9/h9,14-15H,1-8H2. The van der Waals surface area contributed by atoms with E-state index in [0.717, 1.165) is 19.5 Å². The predicted octanol–water partition coefficient (Wildman–Crippen LogP) is 2.06. The molecule has 2 nitrogen and oxygen atoms in total. The van der Waals surface area contributed by atoms with Gasteiger partial charge < -0.3 is 10.6 Å². The molecule has 1 atom stereocenters. The van der Waals surface area contributed by atoms with Crippen molar-refractivity contribution in [1.82, 2.24) is 10.6 Å². The second-order valence-corrected chi connectivity index (χ2v) is 4.07. The van der Waals surface area contributed by atoms with Crippen molar-refractivity contribution >= 4 is 0 Å².